The largest absolute Gasteiger partial charge is 0.463 e. The van der Waals surface area contributed by atoms with Crippen LogP contribution in [0, 0.1) is 6.92 Å². The number of rotatable bonds is 3. The zero-order valence-electron chi connectivity index (χ0n) is 14.6. The molecule has 0 saturated heterocycles. The molecule has 3 aromatic carbocycles. The third-order valence-electron chi connectivity index (χ3n) is 4.30. The minimum Gasteiger partial charge on any atom is -0.463 e. The number of esters is 1. The molecule has 0 fully saturated rings. The van der Waals surface area contributed by atoms with Crippen molar-refractivity contribution in [2.45, 2.75) is 6.92 Å². The fourth-order valence-corrected chi connectivity index (χ4v) is 2.93. The van der Waals surface area contributed by atoms with Gasteiger partial charge in [-0.2, -0.15) is 0 Å². The zero-order chi connectivity index (χ0) is 18.8. The molecule has 0 aliphatic carbocycles. The van der Waals surface area contributed by atoms with Crippen molar-refractivity contribution in [3.8, 4) is 16.9 Å². The van der Waals surface area contributed by atoms with E-state index in [0.717, 1.165) is 11.1 Å². The summed E-state index contributed by atoms with van der Waals surface area (Å²) in [5.41, 5.74) is 2.97. The first kappa shape index (κ1) is 16.8. The molecule has 0 N–H and O–H groups in total. The summed E-state index contributed by atoms with van der Waals surface area (Å²) in [5.74, 6) is -0.133. The summed E-state index contributed by atoms with van der Waals surface area (Å²) in [6.45, 7) is 1.91. The number of aryl methyl sites for hydroxylation is 1. The molecule has 27 heavy (non-hydrogen) atoms. The third kappa shape index (κ3) is 3.37. The Morgan fingerprint density at radius 2 is 1.74 bits per heavy atom. The van der Waals surface area contributed by atoms with E-state index < -0.39 is 5.97 Å². The van der Waals surface area contributed by atoms with Gasteiger partial charge in [-0.25, -0.2) is 4.79 Å². The number of carbonyl (C=O) groups is 1. The maximum atomic E-state index is 12.8. The molecule has 0 aliphatic rings. The van der Waals surface area contributed by atoms with Gasteiger partial charge in [-0.1, -0.05) is 48.0 Å². The van der Waals surface area contributed by atoms with E-state index in [9.17, 15) is 9.59 Å². The van der Waals surface area contributed by atoms with Crippen LogP contribution in [0.3, 0.4) is 0 Å². The van der Waals surface area contributed by atoms with Crippen LogP contribution in [-0.4, -0.2) is 5.97 Å². The van der Waals surface area contributed by atoms with Gasteiger partial charge >= 0.3 is 5.97 Å². The van der Waals surface area contributed by atoms with E-state index in [-0.39, 0.29) is 5.43 Å². The number of hydrogen-bond donors (Lipinski definition) is 0. The lowest BCUT2D eigenvalue weighted by Crippen LogP contribution is -2.09. The molecule has 4 heteroatoms. The van der Waals surface area contributed by atoms with Gasteiger partial charge in [0.05, 0.1) is 16.5 Å². The molecule has 4 nitrogen and oxygen atoms in total. The number of carbonyl (C=O) groups excluding carboxylic acids is 1. The Morgan fingerprint density at radius 1 is 0.926 bits per heavy atom. The van der Waals surface area contributed by atoms with Gasteiger partial charge in [-0.3, -0.25) is 4.79 Å². The smallest absolute Gasteiger partial charge is 0.343 e. The van der Waals surface area contributed by atoms with E-state index >= 15 is 0 Å². The molecule has 0 aliphatic heterocycles. The highest BCUT2D eigenvalue weighted by Gasteiger charge is 2.12. The molecule has 132 valence electrons. The van der Waals surface area contributed by atoms with Crippen molar-refractivity contribution in [2.24, 2.45) is 0 Å². The highest BCUT2D eigenvalue weighted by molar-refractivity contribution is 5.92. The van der Waals surface area contributed by atoms with Gasteiger partial charge in [-0.15, -0.1) is 0 Å². The first-order valence-corrected chi connectivity index (χ1v) is 8.52. The van der Waals surface area contributed by atoms with E-state index in [1.54, 1.807) is 36.4 Å². The third-order valence-corrected chi connectivity index (χ3v) is 4.30. The number of ether oxygens (including phenoxy) is 1. The maximum Gasteiger partial charge on any atom is 0.343 e. The van der Waals surface area contributed by atoms with Crippen molar-refractivity contribution in [1.82, 2.24) is 0 Å². The number of fused-ring (bicyclic) bond motifs is 1. The highest BCUT2D eigenvalue weighted by Crippen LogP contribution is 2.23. The van der Waals surface area contributed by atoms with Gasteiger partial charge in [0.25, 0.3) is 0 Å². The van der Waals surface area contributed by atoms with Crippen LogP contribution in [-0.2, 0) is 0 Å². The van der Waals surface area contributed by atoms with Crippen molar-refractivity contribution in [2.75, 3.05) is 0 Å². The summed E-state index contributed by atoms with van der Waals surface area (Å²) in [6, 6.07) is 21.3. The van der Waals surface area contributed by atoms with Crippen LogP contribution in [0.25, 0.3) is 22.1 Å². The second-order valence-electron chi connectivity index (χ2n) is 6.26. The maximum absolute atomic E-state index is 12.8. The fourth-order valence-electron chi connectivity index (χ4n) is 2.93. The minimum atomic E-state index is -0.457. The molecule has 4 rings (SSSR count). The van der Waals surface area contributed by atoms with Crippen molar-refractivity contribution in [3.63, 3.8) is 0 Å². The summed E-state index contributed by atoms with van der Waals surface area (Å²) in [5, 5.41) is 0.437. The van der Waals surface area contributed by atoms with E-state index in [1.807, 2.05) is 43.3 Å². The number of benzene rings is 3. The first-order chi connectivity index (χ1) is 13.1. The van der Waals surface area contributed by atoms with Crippen LogP contribution in [0.15, 0.2) is 88.3 Å². The summed E-state index contributed by atoms with van der Waals surface area (Å²) in [6.07, 6.45) is 1.44. The molecular formula is C23H16O4. The topological polar surface area (TPSA) is 56.5 Å². The Kier molecular flexibility index (Phi) is 4.30. The second-order valence-corrected chi connectivity index (χ2v) is 6.26. The van der Waals surface area contributed by atoms with Gasteiger partial charge in [0, 0.05) is 6.07 Å². The van der Waals surface area contributed by atoms with Crippen LogP contribution < -0.4 is 10.2 Å². The van der Waals surface area contributed by atoms with Crippen molar-refractivity contribution < 1.29 is 13.9 Å². The molecule has 1 aromatic heterocycles. The first-order valence-electron chi connectivity index (χ1n) is 8.52. The van der Waals surface area contributed by atoms with Crippen LogP contribution >= 0.6 is 0 Å². The van der Waals surface area contributed by atoms with E-state index in [4.69, 9.17) is 9.15 Å². The molecule has 0 saturated carbocycles. The molecule has 0 unspecified atom stereocenters. The predicted molar refractivity (Wildman–Crippen MR) is 104 cm³/mol. The Hall–Kier alpha value is -3.66. The molecule has 0 amide bonds. The van der Waals surface area contributed by atoms with E-state index in [2.05, 4.69) is 0 Å². The van der Waals surface area contributed by atoms with Crippen LogP contribution in [0.1, 0.15) is 15.9 Å². The fraction of sp³-hybridized carbons (Fsp3) is 0.0435. The highest BCUT2D eigenvalue weighted by atomic mass is 16.5. The molecular weight excluding hydrogens is 340 g/mol. The number of hydrogen-bond acceptors (Lipinski definition) is 4. The quantitative estimate of drug-likeness (QED) is 0.383. The molecule has 0 spiro atoms. The van der Waals surface area contributed by atoms with Crippen molar-refractivity contribution >= 4 is 16.9 Å². The summed E-state index contributed by atoms with van der Waals surface area (Å²) < 4.78 is 11.1. The van der Waals surface area contributed by atoms with Gasteiger partial charge in [-0.05, 0) is 36.8 Å². The van der Waals surface area contributed by atoms with E-state index in [0.29, 0.717) is 27.8 Å². The molecule has 0 bridgehead atoms. The predicted octanol–water partition coefficient (Wildman–Crippen LogP) is 4.99. The molecule has 0 radical (unpaired) electrons. The van der Waals surface area contributed by atoms with Crippen molar-refractivity contribution in [1.29, 1.82) is 0 Å². The van der Waals surface area contributed by atoms with E-state index in [1.165, 1.54) is 6.26 Å². The minimum absolute atomic E-state index is 0.126. The molecule has 4 aromatic rings. The van der Waals surface area contributed by atoms with Crippen LogP contribution in [0.4, 0.5) is 0 Å². The standard InChI is InChI=1S/C23H16O4/c1-15-6-5-9-17(12-15)23(25)27-18-10-11-19-21(13-18)26-14-20(22(19)24)16-7-3-2-4-8-16/h2-14H,1H3. The Bertz CT molecular complexity index is 1190. The van der Waals surface area contributed by atoms with Gasteiger partial charge in [0.2, 0.25) is 0 Å². The molecule has 0 atom stereocenters. The Labute approximate surface area is 155 Å². The Balaban J connectivity index is 1.67. The normalized spacial score (nSPS) is 10.7. The summed E-state index contributed by atoms with van der Waals surface area (Å²) >= 11 is 0. The monoisotopic (exact) mass is 356 g/mol. The second kappa shape index (κ2) is 6.92. The van der Waals surface area contributed by atoms with Gasteiger partial charge in [0.1, 0.15) is 17.6 Å². The average molecular weight is 356 g/mol. The van der Waals surface area contributed by atoms with Gasteiger partial charge < -0.3 is 9.15 Å². The van der Waals surface area contributed by atoms with Crippen LogP contribution in [0.5, 0.6) is 5.75 Å². The Morgan fingerprint density at radius 3 is 2.52 bits per heavy atom. The SMILES string of the molecule is Cc1cccc(C(=O)Oc2ccc3c(=O)c(-c4ccccc4)coc3c2)c1. The van der Waals surface area contributed by atoms with Crippen molar-refractivity contribution in [3.05, 3.63) is 100 Å². The summed E-state index contributed by atoms with van der Waals surface area (Å²) in [7, 11) is 0. The zero-order valence-corrected chi connectivity index (χ0v) is 14.6. The van der Waals surface area contributed by atoms with Crippen LogP contribution in [0.2, 0.25) is 0 Å². The molecule has 1 heterocycles. The lowest BCUT2D eigenvalue weighted by atomic mass is 10.1. The average Bonchev–Trinajstić information content (AvgIpc) is 2.69. The lowest BCUT2D eigenvalue weighted by Gasteiger charge is -2.07. The lowest BCUT2D eigenvalue weighted by molar-refractivity contribution is 0.0735. The van der Waals surface area contributed by atoms with Gasteiger partial charge in [0.15, 0.2) is 5.43 Å². The summed E-state index contributed by atoms with van der Waals surface area (Å²) in [4.78, 5) is 25.0.